The summed E-state index contributed by atoms with van der Waals surface area (Å²) in [4.78, 5) is 5.31. The van der Waals surface area contributed by atoms with Gasteiger partial charge >= 0.3 is 0 Å². The third-order valence-electron chi connectivity index (χ3n) is 4.07. The Morgan fingerprint density at radius 3 is 2.31 bits per heavy atom. The van der Waals surface area contributed by atoms with E-state index in [1.807, 2.05) is 0 Å². The molecule has 0 N–H and O–H groups in total. The highest BCUT2D eigenvalue weighted by Gasteiger charge is 2.20. The van der Waals surface area contributed by atoms with Crippen LogP contribution >= 0.6 is 15.9 Å². The van der Waals surface area contributed by atoms with Crippen molar-refractivity contribution in [3.8, 4) is 0 Å². The zero-order chi connectivity index (χ0) is 11.2. The average Bonchev–Trinajstić information content (AvgIpc) is 2.68. The first-order valence-corrected chi connectivity index (χ1v) is 8.01. The summed E-state index contributed by atoms with van der Waals surface area (Å²) >= 11 is 3.54. The van der Waals surface area contributed by atoms with Crippen molar-refractivity contribution >= 4 is 15.9 Å². The summed E-state index contributed by atoms with van der Waals surface area (Å²) in [5, 5.41) is 1.12. The summed E-state index contributed by atoms with van der Waals surface area (Å²) in [6.45, 7) is 7.79. The van der Waals surface area contributed by atoms with Crippen molar-refractivity contribution in [1.82, 2.24) is 9.80 Å². The lowest BCUT2D eigenvalue weighted by molar-refractivity contribution is 0.232. The fraction of sp³-hybridized carbons (Fsp3) is 1.00. The topological polar surface area (TPSA) is 6.48 Å². The Labute approximate surface area is 108 Å². The van der Waals surface area contributed by atoms with Gasteiger partial charge in [-0.3, -0.25) is 0 Å². The van der Waals surface area contributed by atoms with Gasteiger partial charge in [-0.15, -0.1) is 0 Å². The summed E-state index contributed by atoms with van der Waals surface area (Å²) < 4.78 is 0. The number of hydrogen-bond acceptors (Lipinski definition) is 2. The first kappa shape index (κ1) is 12.8. The second-order valence-corrected chi connectivity index (χ2v) is 6.13. The lowest BCUT2D eigenvalue weighted by atomic mass is 10.1. The molecule has 1 aliphatic heterocycles. The van der Waals surface area contributed by atoms with E-state index in [9.17, 15) is 0 Å². The molecule has 1 aliphatic carbocycles. The first-order chi connectivity index (χ1) is 7.88. The summed E-state index contributed by atoms with van der Waals surface area (Å²) in [5.41, 5.74) is 0. The molecule has 1 saturated heterocycles. The average molecular weight is 289 g/mol. The predicted octanol–water partition coefficient (Wildman–Crippen LogP) is 2.58. The first-order valence-electron chi connectivity index (χ1n) is 6.89. The molecule has 0 atom stereocenters. The van der Waals surface area contributed by atoms with E-state index in [0.29, 0.717) is 0 Å². The van der Waals surface area contributed by atoms with Crippen LogP contribution in [0.1, 0.15) is 32.1 Å². The Morgan fingerprint density at radius 2 is 1.56 bits per heavy atom. The van der Waals surface area contributed by atoms with Gasteiger partial charge in [-0.1, -0.05) is 28.8 Å². The molecule has 0 spiro atoms. The molecule has 1 heterocycles. The molecule has 2 nitrogen and oxygen atoms in total. The van der Waals surface area contributed by atoms with Gasteiger partial charge in [-0.25, -0.2) is 0 Å². The Kier molecular flexibility index (Phi) is 5.60. The maximum absolute atomic E-state index is 3.54. The van der Waals surface area contributed by atoms with Crippen LogP contribution in [0.2, 0.25) is 0 Å². The van der Waals surface area contributed by atoms with Crippen molar-refractivity contribution in [2.75, 3.05) is 44.6 Å². The standard InChI is InChI=1S/C13H25BrN2/c14-6-9-15-7-3-8-16(11-10-15)12-13-4-1-2-5-13/h13H,1-12H2. The van der Waals surface area contributed by atoms with Crippen molar-refractivity contribution in [3.63, 3.8) is 0 Å². The highest BCUT2D eigenvalue weighted by molar-refractivity contribution is 9.09. The number of rotatable bonds is 4. The molecular weight excluding hydrogens is 264 g/mol. The molecule has 16 heavy (non-hydrogen) atoms. The van der Waals surface area contributed by atoms with Crippen LogP contribution in [-0.2, 0) is 0 Å². The van der Waals surface area contributed by atoms with Gasteiger partial charge in [-0.05, 0) is 38.3 Å². The number of hydrogen-bond donors (Lipinski definition) is 0. The van der Waals surface area contributed by atoms with E-state index in [-0.39, 0.29) is 0 Å². The number of halogens is 1. The van der Waals surface area contributed by atoms with Crippen LogP contribution in [0.5, 0.6) is 0 Å². The molecular formula is C13H25BrN2. The summed E-state index contributed by atoms with van der Waals surface area (Å²) in [6, 6.07) is 0. The predicted molar refractivity (Wildman–Crippen MR) is 73.2 cm³/mol. The van der Waals surface area contributed by atoms with Gasteiger partial charge in [0.15, 0.2) is 0 Å². The Bertz CT molecular complexity index is 192. The van der Waals surface area contributed by atoms with Gasteiger partial charge in [0.05, 0.1) is 0 Å². The van der Waals surface area contributed by atoms with Gasteiger partial charge in [0.25, 0.3) is 0 Å². The molecule has 0 amide bonds. The van der Waals surface area contributed by atoms with Gasteiger partial charge in [-0.2, -0.15) is 0 Å². The van der Waals surface area contributed by atoms with E-state index in [0.717, 1.165) is 11.2 Å². The fourth-order valence-corrected chi connectivity index (χ4v) is 3.61. The van der Waals surface area contributed by atoms with E-state index < -0.39 is 0 Å². The molecule has 2 rings (SSSR count). The van der Waals surface area contributed by atoms with Crippen molar-refractivity contribution in [3.05, 3.63) is 0 Å². The van der Waals surface area contributed by atoms with Crippen molar-refractivity contribution < 1.29 is 0 Å². The van der Waals surface area contributed by atoms with Crippen molar-refractivity contribution in [1.29, 1.82) is 0 Å². The molecule has 0 aromatic heterocycles. The smallest absolute Gasteiger partial charge is 0.0159 e. The van der Waals surface area contributed by atoms with Crippen LogP contribution in [0.15, 0.2) is 0 Å². The van der Waals surface area contributed by atoms with Crippen LogP contribution in [0.4, 0.5) is 0 Å². The van der Waals surface area contributed by atoms with Gasteiger partial charge in [0, 0.05) is 31.5 Å². The normalized spacial score (nSPS) is 26.1. The van der Waals surface area contributed by atoms with Gasteiger partial charge in [0.2, 0.25) is 0 Å². The Morgan fingerprint density at radius 1 is 0.875 bits per heavy atom. The van der Waals surface area contributed by atoms with Crippen molar-refractivity contribution in [2.24, 2.45) is 5.92 Å². The van der Waals surface area contributed by atoms with E-state index in [4.69, 9.17) is 0 Å². The zero-order valence-corrected chi connectivity index (χ0v) is 11.9. The third kappa shape index (κ3) is 4.01. The summed E-state index contributed by atoms with van der Waals surface area (Å²) in [5.74, 6) is 1.02. The second-order valence-electron chi connectivity index (χ2n) is 5.34. The molecule has 0 bridgehead atoms. The van der Waals surface area contributed by atoms with E-state index >= 15 is 0 Å². The molecule has 0 unspecified atom stereocenters. The largest absolute Gasteiger partial charge is 0.302 e. The highest BCUT2D eigenvalue weighted by atomic mass is 79.9. The monoisotopic (exact) mass is 288 g/mol. The third-order valence-corrected chi connectivity index (χ3v) is 4.43. The fourth-order valence-electron chi connectivity index (χ4n) is 3.11. The molecule has 2 aliphatic rings. The SMILES string of the molecule is BrCCN1CCCN(CC2CCCC2)CC1. The highest BCUT2D eigenvalue weighted by Crippen LogP contribution is 2.25. The molecule has 0 aromatic carbocycles. The zero-order valence-electron chi connectivity index (χ0n) is 10.3. The minimum Gasteiger partial charge on any atom is -0.302 e. The number of nitrogens with zero attached hydrogens (tertiary/aromatic N) is 2. The van der Waals surface area contributed by atoms with Gasteiger partial charge in [0.1, 0.15) is 0 Å². The van der Waals surface area contributed by atoms with E-state index in [2.05, 4.69) is 25.7 Å². The lowest BCUT2D eigenvalue weighted by Crippen LogP contribution is -2.34. The number of alkyl halides is 1. The summed E-state index contributed by atoms with van der Waals surface area (Å²) in [6.07, 6.45) is 7.30. The van der Waals surface area contributed by atoms with Crippen LogP contribution in [0.3, 0.4) is 0 Å². The minimum atomic E-state index is 1.02. The van der Waals surface area contributed by atoms with Crippen LogP contribution < -0.4 is 0 Å². The molecule has 0 aromatic rings. The van der Waals surface area contributed by atoms with E-state index in [1.54, 1.807) is 0 Å². The van der Waals surface area contributed by atoms with Crippen LogP contribution in [0, 0.1) is 5.92 Å². The second kappa shape index (κ2) is 6.97. The summed E-state index contributed by atoms with van der Waals surface area (Å²) in [7, 11) is 0. The molecule has 3 heteroatoms. The maximum Gasteiger partial charge on any atom is 0.0159 e. The van der Waals surface area contributed by atoms with Crippen LogP contribution in [-0.4, -0.2) is 54.4 Å². The van der Waals surface area contributed by atoms with Crippen LogP contribution in [0.25, 0.3) is 0 Å². The van der Waals surface area contributed by atoms with E-state index in [1.165, 1.54) is 71.4 Å². The van der Waals surface area contributed by atoms with Crippen molar-refractivity contribution in [2.45, 2.75) is 32.1 Å². The molecule has 94 valence electrons. The maximum atomic E-state index is 3.54. The Hall–Kier alpha value is 0.400. The molecule has 2 fully saturated rings. The quantitative estimate of drug-likeness (QED) is 0.734. The molecule has 0 radical (unpaired) electrons. The lowest BCUT2D eigenvalue weighted by Gasteiger charge is -2.24. The minimum absolute atomic E-state index is 1.02. The van der Waals surface area contributed by atoms with Gasteiger partial charge < -0.3 is 9.80 Å². The Balaban J connectivity index is 1.70. The molecule has 1 saturated carbocycles.